The smallest absolute Gasteiger partial charge is 0.326 e. The molecule has 1 aromatic heterocycles. The molecule has 7 nitrogen and oxygen atoms in total. The van der Waals surface area contributed by atoms with Crippen molar-refractivity contribution in [1.29, 1.82) is 0 Å². The number of benzene rings is 2. The number of carbonyl (C=O) groups is 2. The molecule has 3 rings (SSSR count). The summed E-state index contributed by atoms with van der Waals surface area (Å²) in [5.41, 5.74) is 2.70. The van der Waals surface area contributed by atoms with Gasteiger partial charge in [-0.05, 0) is 43.2 Å². The first-order valence-corrected chi connectivity index (χ1v) is 9.05. The quantitative estimate of drug-likeness (QED) is 0.635. The Balaban J connectivity index is 1.79. The number of nitrogens with one attached hydrogen (secondary N) is 1. The molecule has 0 saturated carbocycles. The van der Waals surface area contributed by atoms with E-state index in [1.54, 1.807) is 24.3 Å². The zero-order valence-electron chi connectivity index (χ0n) is 15.8. The van der Waals surface area contributed by atoms with E-state index in [-0.39, 0.29) is 18.2 Å². The fraction of sp³-hybridized carbons (Fsp3) is 0.238. The summed E-state index contributed by atoms with van der Waals surface area (Å²) in [6, 6.07) is 14.0. The van der Waals surface area contributed by atoms with Crippen LogP contribution in [0.4, 0.5) is 5.69 Å². The molecule has 0 saturated heterocycles. The van der Waals surface area contributed by atoms with Gasteiger partial charge in [-0.25, -0.2) is 9.36 Å². The number of rotatable bonds is 7. The summed E-state index contributed by atoms with van der Waals surface area (Å²) in [5, 5.41) is 6.60. The van der Waals surface area contributed by atoms with Crippen LogP contribution in [0.15, 0.2) is 57.8 Å². The number of aryl methyl sites for hydroxylation is 1. The molecule has 1 amide bonds. The fourth-order valence-corrected chi connectivity index (χ4v) is 2.85. The number of hydrogen-bond donors (Lipinski definition) is 1. The van der Waals surface area contributed by atoms with Crippen LogP contribution < -0.4 is 11.1 Å². The molecule has 1 heterocycles. The number of anilines is 1. The van der Waals surface area contributed by atoms with Crippen molar-refractivity contribution in [1.82, 2.24) is 9.72 Å². The second kappa shape index (κ2) is 8.47. The molecule has 0 radical (unpaired) electrons. The third-order valence-corrected chi connectivity index (χ3v) is 4.34. The molecule has 0 fully saturated rings. The highest BCUT2D eigenvalue weighted by Gasteiger charge is 2.18. The van der Waals surface area contributed by atoms with E-state index in [9.17, 15) is 14.4 Å². The first kappa shape index (κ1) is 19.3. The van der Waals surface area contributed by atoms with Crippen LogP contribution in [0.1, 0.15) is 35.7 Å². The van der Waals surface area contributed by atoms with Gasteiger partial charge in [-0.15, -0.1) is 0 Å². The maximum atomic E-state index is 12.7. The first-order chi connectivity index (χ1) is 13.5. The van der Waals surface area contributed by atoms with Gasteiger partial charge in [0.25, 0.3) is 0 Å². The zero-order valence-corrected chi connectivity index (χ0v) is 15.8. The molecule has 2 aromatic carbocycles. The summed E-state index contributed by atoms with van der Waals surface area (Å²) in [6.07, 6.45) is 1.21. The minimum Gasteiger partial charge on any atom is -0.326 e. The van der Waals surface area contributed by atoms with Gasteiger partial charge in [0.15, 0.2) is 11.6 Å². The van der Waals surface area contributed by atoms with E-state index >= 15 is 0 Å². The Kier molecular flexibility index (Phi) is 5.84. The Hall–Kier alpha value is -3.48. The van der Waals surface area contributed by atoms with Gasteiger partial charge in [-0.2, -0.15) is 0 Å². The highest BCUT2D eigenvalue weighted by atomic mass is 16.5. The molecule has 0 atom stereocenters. The van der Waals surface area contributed by atoms with E-state index in [4.69, 9.17) is 4.52 Å². The highest BCUT2D eigenvalue weighted by Crippen LogP contribution is 2.20. The standard InChI is InChI=1S/C21H21N3O4/c1-3-6-19(26)22-16-11-9-15(10-12-16)18(25)13-24-20(23-28-21(24)27)17-8-5-4-7-14(17)2/h4-5,7-12H,3,6,13H2,1-2H3,(H,22,26). The van der Waals surface area contributed by atoms with Crippen LogP contribution in [0.2, 0.25) is 0 Å². The molecule has 144 valence electrons. The van der Waals surface area contributed by atoms with Crippen LogP contribution in [0, 0.1) is 6.92 Å². The summed E-state index contributed by atoms with van der Waals surface area (Å²) in [6.45, 7) is 3.64. The van der Waals surface area contributed by atoms with Crippen molar-refractivity contribution >= 4 is 17.4 Å². The fourth-order valence-electron chi connectivity index (χ4n) is 2.85. The van der Waals surface area contributed by atoms with Crippen LogP contribution in [0.5, 0.6) is 0 Å². The number of hydrogen-bond acceptors (Lipinski definition) is 5. The SMILES string of the molecule is CCCC(=O)Nc1ccc(C(=O)Cn2c(-c3ccccc3C)noc2=O)cc1. The minimum atomic E-state index is -0.685. The number of nitrogens with zero attached hydrogens (tertiary/aromatic N) is 2. The largest absolute Gasteiger partial charge is 0.442 e. The molecule has 0 aliphatic carbocycles. The summed E-state index contributed by atoms with van der Waals surface area (Å²) in [4.78, 5) is 36.4. The number of amides is 1. The summed E-state index contributed by atoms with van der Waals surface area (Å²) in [7, 11) is 0. The predicted molar refractivity (Wildman–Crippen MR) is 105 cm³/mol. The Morgan fingerprint density at radius 3 is 2.50 bits per heavy atom. The minimum absolute atomic E-state index is 0.0690. The zero-order chi connectivity index (χ0) is 20.1. The second-order valence-corrected chi connectivity index (χ2v) is 6.47. The molecular weight excluding hydrogens is 358 g/mol. The lowest BCUT2D eigenvalue weighted by molar-refractivity contribution is -0.116. The van der Waals surface area contributed by atoms with Crippen LogP contribution >= 0.6 is 0 Å². The Morgan fingerprint density at radius 1 is 1.11 bits per heavy atom. The average molecular weight is 379 g/mol. The Labute approximate surface area is 162 Å². The van der Waals surface area contributed by atoms with E-state index in [0.717, 1.165) is 17.5 Å². The van der Waals surface area contributed by atoms with Crippen molar-refractivity contribution in [3.63, 3.8) is 0 Å². The molecule has 0 aliphatic rings. The molecule has 0 bridgehead atoms. The van der Waals surface area contributed by atoms with Gasteiger partial charge in [0, 0.05) is 23.2 Å². The van der Waals surface area contributed by atoms with Crippen molar-refractivity contribution in [2.45, 2.75) is 33.2 Å². The van der Waals surface area contributed by atoms with Gasteiger partial charge in [0.1, 0.15) is 0 Å². The lowest BCUT2D eigenvalue weighted by Crippen LogP contribution is -2.21. The molecule has 28 heavy (non-hydrogen) atoms. The molecule has 3 aromatic rings. The lowest BCUT2D eigenvalue weighted by atomic mass is 10.1. The van der Waals surface area contributed by atoms with Crippen molar-refractivity contribution in [3.05, 3.63) is 70.2 Å². The van der Waals surface area contributed by atoms with Gasteiger partial charge in [-0.3, -0.25) is 14.1 Å². The number of Topliss-reactive ketones (excluding diaryl/α,β-unsaturated/α-hetero) is 1. The monoisotopic (exact) mass is 379 g/mol. The number of ketones is 1. The summed E-state index contributed by atoms with van der Waals surface area (Å²) in [5.74, 6) is -0.693. The van der Waals surface area contributed by atoms with Gasteiger partial charge in [-0.1, -0.05) is 36.3 Å². The van der Waals surface area contributed by atoms with Crippen LogP contribution in [0.3, 0.4) is 0 Å². The van der Waals surface area contributed by atoms with Gasteiger partial charge in [0.05, 0.1) is 6.54 Å². The van der Waals surface area contributed by atoms with Crippen molar-refractivity contribution < 1.29 is 14.1 Å². The topological polar surface area (TPSA) is 94.2 Å². The third-order valence-electron chi connectivity index (χ3n) is 4.34. The van der Waals surface area contributed by atoms with Crippen LogP contribution in [0.25, 0.3) is 11.4 Å². The third kappa shape index (κ3) is 4.25. The van der Waals surface area contributed by atoms with Gasteiger partial charge in [0.2, 0.25) is 5.91 Å². The average Bonchev–Trinajstić information content (AvgIpc) is 3.03. The lowest BCUT2D eigenvalue weighted by Gasteiger charge is -2.08. The Morgan fingerprint density at radius 2 is 1.82 bits per heavy atom. The van der Waals surface area contributed by atoms with Gasteiger partial charge >= 0.3 is 5.76 Å². The van der Waals surface area contributed by atoms with E-state index < -0.39 is 5.76 Å². The number of aromatic nitrogens is 2. The van der Waals surface area contributed by atoms with Gasteiger partial charge < -0.3 is 5.32 Å². The van der Waals surface area contributed by atoms with E-state index in [2.05, 4.69) is 10.5 Å². The second-order valence-electron chi connectivity index (χ2n) is 6.47. The molecule has 0 aliphatic heterocycles. The molecule has 0 spiro atoms. The molecular formula is C21H21N3O4. The van der Waals surface area contributed by atoms with Crippen LogP contribution in [-0.4, -0.2) is 21.4 Å². The van der Waals surface area contributed by atoms with Crippen molar-refractivity contribution in [3.8, 4) is 11.4 Å². The van der Waals surface area contributed by atoms with E-state index in [1.807, 2.05) is 38.1 Å². The van der Waals surface area contributed by atoms with E-state index in [0.29, 0.717) is 23.5 Å². The normalized spacial score (nSPS) is 10.6. The van der Waals surface area contributed by atoms with E-state index in [1.165, 1.54) is 4.57 Å². The summed E-state index contributed by atoms with van der Waals surface area (Å²) < 4.78 is 6.01. The predicted octanol–water partition coefficient (Wildman–Crippen LogP) is 3.43. The van der Waals surface area contributed by atoms with Crippen molar-refractivity contribution in [2.75, 3.05) is 5.32 Å². The van der Waals surface area contributed by atoms with Crippen molar-refractivity contribution in [2.24, 2.45) is 0 Å². The molecule has 1 N–H and O–H groups in total. The Bertz CT molecular complexity index is 1050. The molecule has 7 heteroatoms. The molecule has 0 unspecified atom stereocenters. The maximum absolute atomic E-state index is 12.7. The maximum Gasteiger partial charge on any atom is 0.442 e. The number of carbonyl (C=O) groups excluding carboxylic acids is 2. The first-order valence-electron chi connectivity index (χ1n) is 9.05. The summed E-state index contributed by atoms with van der Waals surface area (Å²) >= 11 is 0. The highest BCUT2D eigenvalue weighted by molar-refractivity contribution is 5.97. The van der Waals surface area contributed by atoms with Crippen LogP contribution in [-0.2, 0) is 11.3 Å².